The minimum absolute atomic E-state index is 1.75. The Hall–Kier alpha value is -1.15. The molecule has 0 amide bonds. The molecule has 0 saturated heterocycles. The molecule has 0 aliphatic carbocycles. The zero-order valence-electron chi connectivity index (χ0n) is 6.64. The van der Waals surface area contributed by atoms with Crippen LogP contribution < -0.4 is 0 Å². The lowest BCUT2D eigenvalue weighted by molar-refractivity contribution is -0.0510. The van der Waals surface area contributed by atoms with Gasteiger partial charge in [0.05, 0.1) is 0 Å². The molecular weight excluding hydrogens is 223 g/mol. The predicted molar refractivity (Wildman–Crippen MR) is 41.8 cm³/mol. The van der Waals surface area contributed by atoms with Gasteiger partial charge in [-0.05, 0) is 12.1 Å². The highest BCUT2D eigenvalue weighted by Crippen LogP contribution is 2.20. The Kier molecular flexibility index (Phi) is 4.51. The zero-order chi connectivity index (χ0) is 11.2. The van der Waals surface area contributed by atoms with E-state index in [4.69, 9.17) is 13.0 Å². The van der Waals surface area contributed by atoms with Crippen molar-refractivity contribution < 1.29 is 26.1 Å². The first-order chi connectivity index (χ1) is 6.25. The van der Waals surface area contributed by atoms with Crippen molar-refractivity contribution in [1.82, 2.24) is 4.98 Å². The number of rotatable bonds is 0. The molecule has 0 aliphatic rings. The normalized spacial score (nSPS) is 11.4. The molecule has 0 radical (unpaired) electrons. The van der Waals surface area contributed by atoms with Crippen LogP contribution in [0.1, 0.15) is 0 Å². The van der Waals surface area contributed by atoms with E-state index in [0.29, 0.717) is 0 Å². The number of aromatic nitrogens is 1. The molecule has 14 heavy (non-hydrogen) atoms. The first kappa shape index (κ1) is 12.8. The highest BCUT2D eigenvalue weighted by atomic mass is 32.2. The van der Waals surface area contributed by atoms with E-state index >= 15 is 0 Å². The standard InChI is InChI=1S/C5H5N.CHF3O3S/c1-2-4-6-5-3-1;2-1(3,4)8(5,6)7/h1-5H;(H,5,6,7). The minimum atomic E-state index is -5.84. The molecule has 0 bridgehead atoms. The van der Waals surface area contributed by atoms with Crippen molar-refractivity contribution in [1.29, 1.82) is 0 Å². The van der Waals surface area contributed by atoms with Crippen LogP contribution in [0, 0.1) is 0 Å². The monoisotopic (exact) mass is 229 g/mol. The second-order valence-electron chi connectivity index (χ2n) is 1.95. The minimum Gasteiger partial charge on any atom is -0.279 e. The molecule has 0 spiro atoms. The zero-order valence-corrected chi connectivity index (χ0v) is 7.46. The van der Waals surface area contributed by atoms with Gasteiger partial charge < -0.3 is 0 Å². The van der Waals surface area contributed by atoms with Gasteiger partial charge in [0.15, 0.2) is 0 Å². The molecule has 4 nitrogen and oxygen atoms in total. The molecule has 8 heteroatoms. The van der Waals surface area contributed by atoms with E-state index in [-0.39, 0.29) is 0 Å². The first-order valence-corrected chi connectivity index (χ1v) is 4.58. The molecular formula is C6H6F3NO3S. The molecule has 80 valence electrons. The van der Waals surface area contributed by atoms with Crippen molar-refractivity contribution in [3.05, 3.63) is 30.6 Å². The SMILES string of the molecule is O=S(=O)(O)C(F)(F)F.c1ccncc1. The average Bonchev–Trinajstić information content (AvgIpc) is 2.05. The molecule has 0 fully saturated rings. The van der Waals surface area contributed by atoms with Crippen LogP contribution in [0.25, 0.3) is 0 Å². The van der Waals surface area contributed by atoms with Gasteiger partial charge in [0.2, 0.25) is 0 Å². The fourth-order valence-corrected chi connectivity index (χ4v) is 0.313. The molecule has 1 N–H and O–H groups in total. The van der Waals surface area contributed by atoms with Crippen molar-refractivity contribution in [3.8, 4) is 0 Å². The largest absolute Gasteiger partial charge is 0.522 e. The lowest BCUT2D eigenvalue weighted by Gasteiger charge is -1.97. The maximum absolute atomic E-state index is 10.7. The summed E-state index contributed by atoms with van der Waals surface area (Å²) in [6.45, 7) is 0. The third kappa shape index (κ3) is 5.49. The molecule has 0 atom stereocenters. The highest BCUT2D eigenvalue weighted by molar-refractivity contribution is 7.86. The van der Waals surface area contributed by atoms with Gasteiger partial charge in [0.25, 0.3) is 0 Å². The predicted octanol–water partition coefficient (Wildman–Crippen LogP) is 1.48. The fraction of sp³-hybridized carbons (Fsp3) is 0.167. The van der Waals surface area contributed by atoms with Gasteiger partial charge in [-0.3, -0.25) is 9.54 Å². The Morgan fingerprint density at radius 2 is 1.43 bits per heavy atom. The topological polar surface area (TPSA) is 67.3 Å². The second kappa shape index (κ2) is 4.91. The molecule has 1 rings (SSSR count). The summed E-state index contributed by atoms with van der Waals surface area (Å²) >= 11 is 0. The van der Waals surface area contributed by atoms with Crippen molar-refractivity contribution in [3.63, 3.8) is 0 Å². The van der Waals surface area contributed by atoms with Crippen molar-refractivity contribution in [2.24, 2.45) is 0 Å². The number of hydrogen-bond donors (Lipinski definition) is 1. The van der Waals surface area contributed by atoms with Gasteiger partial charge in [-0.25, -0.2) is 0 Å². The van der Waals surface area contributed by atoms with E-state index in [1.54, 1.807) is 12.4 Å². The van der Waals surface area contributed by atoms with E-state index in [2.05, 4.69) is 4.98 Å². The molecule has 1 heterocycles. The highest BCUT2D eigenvalue weighted by Gasteiger charge is 2.44. The van der Waals surface area contributed by atoms with E-state index in [1.165, 1.54) is 0 Å². The number of alkyl halides is 3. The maximum atomic E-state index is 10.7. The Balaban J connectivity index is 0.000000249. The van der Waals surface area contributed by atoms with Crippen molar-refractivity contribution in [2.45, 2.75) is 5.51 Å². The Morgan fingerprint density at radius 3 is 1.50 bits per heavy atom. The van der Waals surface area contributed by atoms with Crippen LogP contribution in [0.15, 0.2) is 30.6 Å². The Morgan fingerprint density at radius 1 is 1.07 bits per heavy atom. The van der Waals surface area contributed by atoms with E-state index in [9.17, 15) is 13.2 Å². The van der Waals surface area contributed by atoms with Crippen LogP contribution in [0.4, 0.5) is 13.2 Å². The number of nitrogens with zero attached hydrogens (tertiary/aromatic N) is 1. The fourth-order valence-electron chi connectivity index (χ4n) is 0.313. The van der Waals surface area contributed by atoms with Crippen molar-refractivity contribution >= 4 is 10.1 Å². The second-order valence-corrected chi connectivity index (χ2v) is 3.36. The molecule has 1 aromatic rings. The lowest BCUT2D eigenvalue weighted by atomic mass is 10.5. The summed E-state index contributed by atoms with van der Waals surface area (Å²) in [7, 11) is -5.84. The molecule has 1 aromatic heterocycles. The van der Waals surface area contributed by atoms with Crippen LogP contribution in [0.5, 0.6) is 0 Å². The van der Waals surface area contributed by atoms with Crippen LogP contribution in [-0.2, 0) is 10.1 Å². The van der Waals surface area contributed by atoms with Crippen LogP contribution >= 0.6 is 0 Å². The lowest BCUT2D eigenvalue weighted by Crippen LogP contribution is -2.21. The van der Waals surface area contributed by atoms with Crippen LogP contribution in [0.3, 0.4) is 0 Å². The summed E-state index contributed by atoms with van der Waals surface area (Å²) in [5, 5.41) is 0. The summed E-state index contributed by atoms with van der Waals surface area (Å²) in [6, 6.07) is 5.72. The summed E-state index contributed by atoms with van der Waals surface area (Å²) in [6.07, 6.45) is 3.50. The quantitative estimate of drug-likeness (QED) is 0.540. The van der Waals surface area contributed by atoms with E-state index < -0.39 is 15.6 Å². The Labute approximate surface area is 78.1 Å². The number of pyridine rings is 1. The van der Waals surface area contributed by atoms with E-state index in [0.717, 1.165) is 0 Å². The first-order valence-electron chi connectivity index (χ1n) is 3.14. The third-order valence-corrected chi connectivity index (χ3v) is 1.44. The molecule has 0 unspecified atom stereocenters. The number of hydrogen-bond acceptors (Lipinski definition) is 3. The Bertz CT molecular complexity index is 322. The average molecular weight is 229 g/mol. The summed E-state index contributed by atoms with van der Waals surface area (Å²) < 4.78 is 57.5. The summed E-state index contributed by atoms with van der Waals surface area (Å²) in [5.74, 6) is 0. The van der Waals surface area contributed by atoms with Crippen molar-refractivity contribution in [2.75, 3.05) is 0 Å². The summed E-state index contributed by atoms with van der Waals surface area (Å²) in [5.41, 5.74) is -5.53. The van der Waals surface area contributed by atoms with Crippen LogP contribution in [-0.4, -0.2) is 23.5 Å². The summed E-state index contributed by atoms with van der Waals surface area (Å²) in [4.78, 5) is 3.78. The maximum Gasteiger partial charge on any atom is 0.522 e. The third-order valence-electron chi connectivity index (χ3n) is 0.859. The van der Waals surface area contributed by atoms with Gasteiger partial charge in [0.1, 0.15) is 0 Å². The van der Waals surface area contributed by atoms with Gasteiger partial charge in [-0.2, -0.15) is 21.6 Å². The van der Waals surface area contributed by atoms with Crippen LogP contribution in [0.2, 0.25) is 0 Å². The van der Waals surface area contributed by atoms with Gasteiger partial charge >= 0.3 is 15.6 Å². The van der Waals surface area contributed by atoms with Gasteiger partial charge in [-0.1, -0.05) is 6.07 Å². The van der Waals surface area contributed by atoms with E-state index in [1.807, 2.05) is 18.2 Å². The molecule has 0 aliphatic heterocycles. The number of halogens is 3. The molecule has 0 aromatic carbocycles. The smallest absolute Gasteiger partial charge is 0.279 e. The molecule has 0 saturated carbocycles. The van der Waals surface area contributed by atoms with Gasteiger partial charge in [0, 0.05) is 12.4 Å². The van der Waals surface area contributed by atoms with Gasteiger partial charge in [-0.15, -0.1) is 0 Å².